The highest BCUT2D eigenvalue weighted by Crippen LogP contribution is 2.47. The normalized spacial score (nSPS) is 26.2. The van der Waals surface area contributed by atoms with Crippen LogP contribution < -0.4 is 10.2 Å². The number of benzene rings is 1. The standard InChI is InChI=1S/C15H21ClN2/c1-11-3-4-13(16)7-14(11)18-10-15(5-6-15)9-17-8-12(18)2/h3-4,7,12,17H,5-6,8-10H2,1-2H3. The fourth-order valence-electron chi connectivity index (χ4n) is 2.96. The van der Waals surface area contributed by atoms with E-state index in [1.54, 1.807) is 0 Å². The lowest BCUT2D eigenvalue weighted by Gasteiger charge is -2.32. The zero-order valence-electron chi connectivity index (χ0n) is 11.2. The molecule has 0 radical (unpaired) electrons. The molecule has 1 saturated heterocycles. The Balaban J connectivity index is 1.94. The van der Waals surface area contributed by atoms with E-state index in [2.05, 4.69) is 36.2 Å². The van der Waals surface area contributed by atoms with E-state index in [1.807, 2.05) is 6.07 Å². The van der Waals surface area contributed by atoms with Crippen LogP contribution in [0.15, 0.2) is 18.2 Å². The highest BCUT2D eigenvalue weighted by Gasteiger charge is 2.45. The molecule has 2 fully saturated rings. The van der Waals surface area contributed by atoms with Crippen molar-refractivity contribution in [3.05, 3.63) is 28.8 Å². The molecule has 1 N–H and O–H groups in total. The van der Waals surface area contributed by atoms with Gasteiger partial charge in [-0.1, -0.05) is 17.7 Å². The number of rotatable bonds is 1. The zero-order chi connectivity index (χ0) is 12.8. The van der Waals surface area contributed by atoms with Gasteiger partial charge in [0.15, 0.2) is 0 Å². The molecule has 1 aliphatic heterocycles. The summed E-state index contributed by atoms with van der Waals surface area (Å²) in [7, 11) is 0. The Morgan fingerprint density at radius 3 is 2.89 bits per heavy atom. The van der Waals surface area contributed by atoms with Gasteiger partial charge in [-0.3, -0.25) is 0 Å². The molecule has 2 aliphatic rings. The van der Waals surface area contributed by atoms with Gasteiger partial charge < -0.3 is 10.2 Å². The molecule has 0 amide bonds. The van der Waals surface area contributed by atoms with Crippen molar-refractivity contribution in [2.75, 3.05) is 24.5 Å². The van der Waals surface area contributed by atoms with E-state index in [9.17, 15) is 0 Å². The molecule has 1 aromatic rings. The number of nitrogens with one attached hydrogen (secondary N) is 1. The summed E-state index contributed by atoms with van der Waals surface area (Å²) in [4.78, 5) is 2.55. The molecule has 1 unspecified atom stereocenters. The lowest BCUT2D eigenvalue weighted by Crippen LogP contribution is -2.38. The second-order valence-electron chi connectivity index (χ2n) is 6.04. The van der Waals surface area contributed by atoms with Crippen LogP contribution >= 0.6 is 11.6 Å². The average molecular weight is 265 g/mol. The lowest BCUT2D eigenvalue weighted by molar-refractivity contribution is 0.500. The van der Waals surface area contributed by atoms with Gasteiger partial charge in [-0.25, -0.2) is 0 Å². The summed E-state index contributed by atoms with van der Waals surface area (Å²) in [5.41, 5.74) is 3.16. The average Bonchev–Trinajstić information content (AvgIpc) is 3.11. The third-order valence-corrected chi connectivity index (χ3v) is 4.65. The number of anilines is 1. The molecule has 2 nitrogen and oxygen atoms in total. The first-order valence-corrected chi connectivity index (χ1v) is 7.21. The number of halogens is 1. The van der Waals surface area contributed by atoms with E-state index < -0.39 is 0 Å². The van der Waals surface area contributed by atoms with Crippen LogP contribution in [-0.2, 0) is 0 Å². The van der Waals surface area contributed by atoms with Crippen LogP contribution in [-0.4, -0.2) is 25.7 Å². The van der Waals surface area contributed by atoms with E-state index in [1.165, 1.54) is 37.2 Å². The molecule has 1 aliphatic carbocycles. The molecule has 1 heterocycles. The maximum absolute atomic E-state index is 6.17. The zero-order valence-corrected chi connectivity index (χ0v) is 11.9. The number of hydrogen-bond donors (Lipinski definition) is 1. The Labute approximate surface area is 114 Å². The molecule has 3 heteroatoms. The van der Waals surface area contributed by atoms with Crippen LogP contribution in [0.3, 0.4) is 0 Å². The van der Waals surface area contributed by atoms with Crippen molar-refractivity contribution in [3.8, 4) is 0 Å². The third kappa shape index (κ3) is 2.24. The van der Waals surface area contributed by atoms with E-state index in [4.69, 9.17) is 11.6 Å². The first-order chi connectivity index (χ1) is 8.60. The maximum atomic E-state index is 6.17. The third-order valence-electron chi connectivity index (χ3n) is 4.42. The molecule has 1 atom stereocenters. The van der Waals surface area contributed by atoms with Crippen LogP contribution in [0.5, 0.6) is 0 Å². The quantitative estimate of drug-likeness (QED) is 0.838. The minimum Gasteiger partial charge on any atom is -0.367 e. The molecule has 1 aromatic carbocycles. The Kier molecular flexibility index (Phi) is 3.03. The monoisotopic (exact) mass is 264 g/mol. The van der Waals surface area contributed by atoms with Crippen LogP contribution in [0.25, 0.3) is 0 Å². The largest absolute Gasteiger partial charge is 0.367 e. The van der Waals surface area contributed by atoms with Gasteiger partial charge in [0.25, 0.3) is 0 Å². The van der Waals surface area contributed by atoms with Gasteiger partial charge in [-0.2, -0.15) is 0 Å². The molecule has 3 rings (SSSR count). The summed E-state index contributed by atoms with van der Waals surface area (Å²) in [6, 6.07) is 6.76. The molecule has 18 heavy (non-hydrogen) atoms. The highest BCUT2D eigenvalue weighted by molar-refractivity contribution is 6.30. The van der Waals surface area contributed by atoms with E-state index in [0.29, 0.717) is 11.5 Å². The molecule has 0 aromatic heterocycles. The Bertz CT molecular complexity index is 454. The summed E-state index contributed by atoms with van der Waals surface area (Å²) >= 11 is 6.17. The SMILES string of the molecule is Cc1ccc(Cl)cc1N1CC2(CC2)CNCC1C. The van der Waals surface area contributed by atoms with E-state index in [0.717, 1.165) is 11.6 Å². The van der Waals surface area contributed by atoms with Crippen molar-refractivity contribution in [1.29, 1.82) is 0 Å². The first kappa shape index (κ1) is 12.3. The van der Waals surface area contributed by atoms with E-state index >= 15 is 0 Å². The highest BCUT2D eigenvalue weighted by atomic mass is 35.5. The summed E-state index contributed by atoms with van der Waals surface area (Å²) < 4.78 is 0. The smallest absolute Gasteiger partial charge is 0.0426 e. The predicted molar refractivity (Wildman–Crippen MR) is 77.5 cm³/mol. The predicted octanol–water partition coefficient (Wildman–Crippen LogP) is 3.23. The minimum absolute atomic E-state index is 0.527. The molecular formula is C15H21ClN2. The summed E-state index contributed by atoms with van der Waals surface area (Å²) in [6.45, 7) is 7.88. The van der Waals surface area contributed by atoms with Crippen LogP contribution in [0.2, 0.25) is 5.02 Å². The minimum atomic E-state index is 0.527. The maximum Gasteiger partial charge on any atom is 0.0426 e. The van der Waals surface area contributed by atoms with Crippen molar-refractivity contribution >= 4 is 17.3 Å². The van der Waals surface area contributed by atoms with Crippen molar-refractivity contribution in [2.45, 2.75) is 32.7 Å². The van der Waals surface area contributed by atoms with Gasteiger partial charge in [-0.05, 0) is 44.4 Å². The number of aryl methyl sites for hydroxylation is 1. The number of nitrogens with zero attached hydrogens (tertiary/aromatic N) is 1. The molecule has 98 valence electrons. The van der Waals surface area contributed by atoms with Crippen LogP contribution in [0.4, 0.5) is 5.69 Å². The van der Waals surface area contributed by atoms with Gasteiger partial charge in [0, 0.05) is 41.8 Å². The molecule has 0 bridgehead atoms. The first-order valence-electron chi connectivity index (χ1n) is 6.83. The molecule has 1 spiro atoms. The molecular weight excluding hydrogens is 244 g/mol. The fourth-order valence-corrected chi connectivity index (χ4v) is 3.12. The van der Waals surface area contributed by atoms with E-state index in [-0.39, 0.29) is 0 Å². The van der Waals surface area contributed by atoms with Gasteiger partial charge in [0.05, 0.1) is 0 Å². The second-order valence-corrected chi connectivity index (χ2v) is 6.48. The van der Waals surface area contributed by atoms with Gasteiger partial charge in [0.1, 0.15) is 0 Å². The second kappa shape index (κ2) is 4.43. The summed E-state index contributed by atoms with van der Waals surface area (Å²) in [5.74, 6) is 0. The Morgan fingerprint density at radius 2 is 2.17 bits per heavy atom. The fraction of sp³-hybridized carbons (Fsp3) is 0.600. The van der Waals surface area contributed by atoms with Crippen LogP contribution in [0.1, 0.15) is 25.3 Å². The van der Waals surface area contributed by atoms with Gasteiger partial charge in [0.2, 0.25) is 0 Å². The van der Waals surface area contributed by atoms with Crippen LogP contribution in [0, 0.1) is 12.3 Å². The van der Waals surface area contributed by atoms with Crippen molar-refractivity contribution in [2.24, 2.45) is 5.41 Å². The Morgan fingerprint density at radius 1 is 1.39 bits per heavy atom. The summed E-state index contributed by atoms with van der Waals surface area (Å²) in [5, 5.41) is 4.45. The van der Waals surface area contributed by atoms with Gasteiger partial charge >= 0.3 is 0 Å². The van der Waals surface area contributed by atoms with Crippen molar-refractivity contribution < 1.29 is 0 Å². The van der Waals surface area contributed by atoms with Gasteiger partial charge in [-0.15, -0.1) is 0 Å². The summed E-state index contributed by atoms with van der Waals surface area (Å²) in [6.07, 6.45) is 2.73. The molecule has 1 saturated carbocycles. The van der Waals surface area contributed by atoms with Crippen molar-refractivity contribution in [1.82, 2.24) is 5.32 Å². The lowest BCUT2D eigenvalue weighted by atomic mass is 10.1. The van der Waals surface area contributed by atoms with Crippen molar-refractivity contribution in [3.63, 3.8) is 0 Å². The number of hydrogen-bond acceptors (Lipinski definition) is 2. The Hall–Kier alpha value is -0.730. The topological polar surface area (TPSA) is 15.3 Å².